The molecule has 1 aromatic carbocycles. The minimum Gasteiger partial charge on any atom is -0.357 e. The Labute approximate surface area is 133 Å². The van der Waals surface area contributed by atoms with E-state index in [-0.39, 0.29) is 0 Å². The van der Waals surface area contributed by atoms with E-state index in [0.717, 1.165) is 49.2 Å². The zero-order chi connectivity index (χ0) is 15.9. The Morgan fingerprint density at radius 3 is 1.59 bits per heavy atom. The zero-order valence-electron chi connectivity index (χ0n) is 14.1. The molecule has 1 heterocycles. The van der Waals surface area contributed by atoms with E-state index >= 15 is 0 Å². The summed E-state index contributed by atoms with van der Waals surface area (Å²) in [6.07, 6.45) is 0. The van der Waals surface area contributed by atoms with Crippen molar-refractivity contribution >= 4 is 11.6 Å². The summed E-state index contributed by atoms with van der Waals surface area (Å²) >= 11 is 0. The second-order valence-corrected chi connectivity index (χ2v) is 5.12. The lowest BCUT2D eigenvalue weighted by atomic mass is 10.2. The van der Waals surface area contributed by atoms with Crippen molar-refractivity contribution in [3.05, 3.63) is 36.4 Å². The lowest BCUT2D eigenvalue weighted by Gasteiger charge is -2.25. The van der Waals surface area contributed by atoms with Gasteiger partial charge < -0.3 is 9.80 Å². The van der Waals surface area contributed by atoms with Gasteiger partial charge in [-0.1, -0.05) is 30.3 Å². The minimum absolute atomic E-state index is 0.798. The summed E-state index contributed by atoms with van der Waals surface area (Å²) in [5, 5.41) is 0. The molecule has 4 heteroatoms. The highest BCUT2D eigenvalue weighted by molar-refractivity contribution is 5.62. The SMILES string of the molecule is CCN(CC)c1cc(N(CC)CC)nc(-c2ccccc2)n1. The van der Waals surface area contributed by atoms with Crippen molar-refractivity contribution in [1.82, 2.24) is 9.97 Å². The summed E-state index contributed by atoms with van der Waals surface area (Å²) in [4.78, 5) is 14.1. The molecule has 0 saturated heterocycles. The fourth-order valence-electron chi connectivity index (χ4n) is 2.56. The molecule has 0 saturated carbocycles. The molecule has 0 N–H and O–H groups in total. The number of nitrogens with zero attached hydrogens (tertiary/aromatic N) is 4. The van der Waals surface area contributed by atoms with Crippen molar-refractivity contribution in [2.45, 2.75) is 27.7 Å². The van der Waals surface area contributed by atoms with E-state index < -0.39 is 0 Å². The van der Waals surface area contributed by atoms with Crippen molar-refractivity contribution in [3.63, 3.8) is 0 Å². The molecule has 22 heavy (non-hydrogen) atoms. The van der Waals surface area contributed by atoms with Gasteiger partial charge >= 0.3 is 0 Å². The Balaban J connectivity index is 2.53. The third-order valence-electron chi connectivity index (χ3n) is 3.91. The van der Waals surface area contributed by atoms with E-state index in [1.807, 2.05) is 18.2 Å². The van der Waals surface area contributed by atoms with Crippen molar-refractivity contribution in [1.29, 1.82) is 0 Å². The zero-order valence-corrected chi connectivity index (χ0v) is 14.1. The number of benzene rings is 1. The number of hydrogen-bond acceptors (Lipinski definition) is 4. The highest BCUT2D eigenvalue weighted by Gasteiger charge is 2.13. The van der Waals surface area contributed by atoms with Crippen molar-refractivity contribution in [2.24, 2.45) is 0 Å². The molecule has 0 fully saturated rings. The summed E-state index contributed by atoms with van der Waals surface area (Å²) in [5.41, 5.74) is 1.06. The number of hydrogen-bond donors (Lipinski definition) is 0. The van der Waals surface area contributed by atoms with E-state index in [0.29, 0.717) is 0 Å². The predicted molar refractivity (Wildman–Crippen MR) is 94.6 cm³/mol. The standard InChI is InChI=1S/C18H26N4/c1-5-21(6-2)16-14-17(22(7-3)8-4)20-18(19-16)15-12-10-9-11-13-15/h9-14H,5-8H2,1-4H3. The van der Waals surface area contributed by atoms with E-state index in [1.54, 1.807) is 0 Å². The van der Waals surface area contributed by atoms with Crippen LogP contribution >= 0.6 is 0 Å². The van der Waals surface area contributed by atoms with Crippen LogP contribution in [0.2, 0.25) is 0 Å². The molecule has 2 aromatic rings. The van der Waals surface area contributed by atoms with Gasteiger partial charge in [0.2, 0.25) is 0 Å². The summed E-state index contributed by atoms with van der Waals surface area (Å²) in [7, 11) is 0. The van der Waals surface area contributed by atoms with E-state index in [9.17, 15) is 0 Å². The lowest BCUT2D eigenvalue weighted by molar-refractivity contribution is 0.820. The molecule has 0 atom stereocenters. The Kier molecular flexibility index (Phi) is 5.75. The molecule has 0 aliphatic heterocycles. The molecule has 2 rings (SSSR count). The first-order chi connectivity index (χ1) is 10.7. The number of aromatic nitrogens is 2. The summed E-state index contributed by atoms with van der Waals surface area (Å²) < 4.78 is 0. The molecular weight excluding hydrogens is 272 g/mol. The smallest absolute Gasteiger partial charge is 0.163 e. The largest absolute Gasteiger partial charge is 0.357 e. The topological polar surface area (TPSA) is 32.3 Å². The van der Waals surface area contributed by atoms with E-state index in [1.165, 1.54) is 0 Å². The van der Waals surface area contributed by atoms with Crippen LogP contribution in [-0.2, 0) is 0 Å². The predicted octanol–water partition coefficient (Wildman–Crippen LogP) is 3.84. The highest BCUT2D eigenvalue weighted by atomic mass is 15.2. The lowest BCUT2D eigenvalue weighted by Crippen LogP contribution is -2.26. The number of anilines is 2. The molecule has 0 amide bonds. The minimum atomic E-state index is 0.798. The average molecular weight is 298 g/mol. The van der Waals surface area contributed by atoms with Gasteiger partial charge in [0.05, 0.1) is 0 Å². The fourth-order valence-corrected chi connectivity index (χ4v) is 2.56. The maximum absolute atomic E-state index is 4.78. The van der Waals surface area contributed by atoms with Crippen LogP contribution in [0.4, 0.5) is 11.6 Å². The quantitative estimate of drug-likeness (QED) is 0.777. The third kappa shape index (κ3) is 3.56. The Hall–Kier alpha value is -2.10. The van der Waals surface area contributed by atoms with Gasteiger partial charge in [-0.05, 0) is 27.7 Å². The fraction of sp³-hybridized carbons (Fsp3) is 0.444. The molecule has 0 unspecified atom stereocenters. The van der Waals surface area contributed by atoms with Gasteiger partial charge in [0.15, 0.2) is 5.82 Å². The van der Waals surface area contributed by atoms with Gasteiger partial charge in [-0.25, -0.2) is 9.97 Å². The molecule has 0 aliphatic rings. The van der Waals surface area contributed by atoms with Crippen molar-refractivity contribution < 1.29 is 0 Å². The van der Waals surface area contributed by atoms with Crippen molar-refractivity contribution in [3.8, 4) is 11.4 Å². The Bertz CT molecular complexity index is 545. The summed E-state index contributed by atoms with van der Waals surface area (Å²) in [6, 6.07) is 12.3. The number of rotatable bonds is 7. The van der Waals surface area contributed by atoms with Gasteiger partial charge in [-0.2, -0.15) is 0 Å². The highest BCUT2D eigenvalue weighted by Crippen LogP contribution is 2.24. The summed E-state index contributed by atoms with van der Waals surface area (Å²) in [6.45, 7) is 12.4. The molecule has 118 valence electrons. The Morgan fingerprint density at radius 1 is 0.727 bits per heavy atom. The van der Waals surface area contributed by atoms with Gasteiger partial charge in [0.25, 0.3) is 0 Å². The molecular formula is C18H26N4. The summed E-state index contributed by atoms with van der Waals surface area (Å²) in [5.74, 6) is 2.80. The van der Waals surface area contributed by atoms with Crippen LogP contribution in [0.5, 0.6) is 0 Å². The van der Waals surface area contributed by atoms with Gasteiger partial charge in [-0.3, -0.25) is 0 Å². The second-order valence-electron chi connectivity index (χ2n) is 5.12. The molecule has 1 aromatic heterocycles. The molecule has 0 bridgehead atoms. The van der Waals surface area contributed by atoms with Crippen LogP contribution in [0.25, 0.3) is 11.4 Å². The van der Waals surface area contributed by atoms with Gasteiger partial charge in [0, 0.05) is 37.8 Å². The molecule has 0 radical (unpaired) electrons. The second kappa shape index (κ2) is 7.78. The molecule has 0 aliphatic carbocycles. The third-order valence-corrected chi connectivity index (χ3v) is 3.91. The van der Waals surface area contributed by atoms with Gasteiger partial charge in [-0.15, -0.1) is 0 Å². The normalized spacial score (nSPS) is 10.5. The van der Waals surface area contributed by atoms with Crippen LogP contribution < -0.4 is 9.80 Å². The van der Waals surface area contributed by atoms with E-state index in [2.05, 4.69) is 55.7 Å². The first-order valence-corrected chi connectivity index (χ1v) is 8.17. The first-order valence-electron chi connectivity index (χ1n) is 8.17. The average Bonchev–Trinajstić information content (AvgIpc) is 2.58. The van der Waals surface area contributed by atoms with Crippen LogP contribution in [0, 0.1) is 0 Å². The monoisotopic (exact) mass is 298 g/mol. The van der Waals surface area contributed by atoms with Crippen LogP contribution in [-0.4, -0.2) is 36.1 Å². The first kappa shape index (κ1) is 16.3. The molecule has 0 spiro atoms. The van der Waals surface area contributed by atoms with Crippen LogP contribution in [0.3, 0.4) is 0 Å². The van der Waals surface area contributed by atoms with E-state index in [4.69, 9.17) is 9.97 Å². The van der Waals surface area contributed by atoms with Gasteiger partial charge in [0.1, 0.15) is 11.6 Å². The van der Waals surface area contributed by atoms with Crippen molar-refractivity contribution in [2.75, 3.05) is 36.0 Å². The Morgan fingerprint density at radius 2 is 1.18 bits per heavy atom. The van der Waals surface area contributed by atoms with Crippen LogP contribution in [0.15, 0.2) is 36.4 Å². The van der Waals surface area contributed by atoms with Crippen LogP contribution in [0.1, 0.15) is 27.7 Å². The maximum Gasteiger partial charge on any atom is 0.163 e. The maximum atomic E-state index is 4.78. The molecule has 4 nitrogen and oxygen atoms in total.